The number of rotatable bonds is 3. The van der Waals surface area contributed by atoms with Gasteiger partial charge in [-0.3, -0.25) is 0 Å². The van der Waals surface area contributed by atoms with E-state index in [0.717, 1.165) is 5.69 Å². The van der Waals surface area contributed by atoms with Crippen molar-refractivity contribution in [2.24, 2.45) is 0 Å². The van der Waals surface area contributed by atoms with Gasteiger partial charge in [-0.25, -0.2) is 0 Å². The van der Waals surface area contributed by atoms with E-state index in [2.05, 4.69) is 55.5 Å². The van der Waals surface area contributed by atoms with Crippen molar-refractivity contribution in [1.82, 2.24) is 4.57 Å². The number of benzene rings is 2. The first-order valence-electron chi connectivity index (χ1n) is 7.59. The Morgan fingerprint density at radius 1 is 0.870 bits per heavy atom. The third-order valence-corrected chi connectivity index (χ3v) is 4.43. The summed E-state index contributed by atoms with van der Waals surface area (Å²) in [6.07, 6.45) is 1.92. The summed E-state index contributed by atoms with van der Waals surface area (Å²) in [6.45, 7) is 4.69. The standard InChI is InChI=1S/C20H19NOS/c1-14-3-7-17(8-4-14)18-9-5-16(6-10-18)13-21-12-11-19(23)20(22)15(21)2/h3-12,22H,13H2,1-2H3. The van der Waals surface area contributed by atoms with Crippen LogP contribution in [0.1, 0.15) is 16.8 Å². The van der Waals surface area contributed by atoms with Crippen LogP contribution in [0.3, 0.4) is 0 Å². The van der Waals surface area contributed by atoms with Gasteiger partial charge in [-0.05, 0) is 36.6 Å². The minimum absolute atomic E-state index is 0.193. The molecule has 0 spiro atoms. The van der Waals surface area contributed by atoms with Gasteiger partial charge in [-0.1, -0.05) is 66.3 Å². The van der Waals surface area contributed by atoms with Gasteiger partial charge < -0.3 is 9.67 Å². The molecule has 2 nitrogen and oxygen atoms in total. The molecule has 0 aliphatic heterocycles. The summed E-state index contributed by atoms with van der Waals surface area (Å²) in [4.78, 5) is 0. The Morgan fingerprint density at radius 3 is 2.04 bits per heavy atom. The number of hydrogen-bond acceptors (Lipinski definition) is 2. The van der Waals surface area contributed by atoms with E-state index < -0.39 is 0 Å². The smallest absolute Gasteiger partial charge is 0.152 e. The van der Waals surface area contributed by atoms with Gasteiger partial charge in [0.05, 0.1) is 10.2 Å². The van der Waals surface area contributed by atoms with Gasteiger partial charge >= 0.3 is 0 Å². The molecule has 0 aliphatic carbocycles. The van der Waals surface area contributed by atoms with Gasteiger partial charge in [0.2, 0.25) is 0 Å². The highest BCUT2D eigenvalue weighted by Gasteiger charge is 2.04. The summed E-state index contributed by atoms with van der Waals surface area (Å²) >= 11 is 5.08. The molecule has 23 heavy (non-hydrogen) atoms. The largest absolute Gasteiger partial charge is 0.505 e. The molecule has 3 aromatic rings. The summed E-state index contributed by atoms with van der Waals surface area (Å²) in [5.74, 6) is 0.193. The SMILES string of the molecule is Cc1ccc(-c2ccc(Cn3ccc(=S)c(O)c3C)cc2)cc1. The second kappa shape index (κ2) is 6.39. The van der Waals surface area contributed by atoms with E-state index in [4.69, 9.17) is 12.2 Å². The molecule has 0 amide bonds. The Bertz CT molecular complexity index is 877. The molecule has 0 saturated carbocycles. The molecular weight excluding hydrogens is 302 g/mol. The lowest BCUT2D eigenvalue weighted by Crippen LogP contribution is -2.04. The molecule has 1 N–H and O–H groups in total. The number of aromatic hydroxyl groups is 1. The van der Waals surface area contributed by atoms with Crippen molar-refractivity contribution >= 4 is 12.2 Å². The molecule has 1 heterocycles. The van der Waals surface area contributed by atoms with Crippen LogP contribution in [0, 0.1) is 18.4 Å². The predicted octanol–water partition coefficient (Wildman–Crippen LogP) is 5.26. The average Bonchev–Trinajstić information content (AvgIpc) is 2.57. The molecule has 3 rings (SSSR count). The fourth-order valence-corrected chi connectivity index (χ4v) is 2.79. The summed E-state index contributed by atoms with van der Waals surface area (Å²) in [5, 5.41) is 9.96. The molecule has 0 bridgehead atoms. The molecule has 0 unspecified atom stereocenters. The second-order valence-electron chi connectivity index (χ2n) is 5.80. The van der Waals surface area contributed by atoms with Gasteiger partial charge in [0, 0.05) is 12.7 Å². The molecule has 1 aromatic heterocycles. The molecular formula is C20H19NOS. The number of aromatic nitrogens is 1. The van der Waals surface area contributed by atoms with Gasteiger partial charge in [-0.15, -0.1) is 0 Å². The molecule has 0 saturated heterocycles. The van der Waals surface area contributed by atoms with Gasteiger partial charge in [-0.2, -0.15) is 0 Å². The zero-order valence-electron chi connectivity index (χ0n) is 13.3. The monoisotopic (exact) mass is 321 g/mol. The first-order chi connectivity index (χ1) is 11.0. The molecule has 3 heteroatoms. The lowest BCUT2D eigenvalue weighted by atomic mass is 10.0. The van der Waals surface area contributed by atoms with Crippen molar-refractivity contribution in [2.75, 3.05) is 0 Å². The average molecular weight is 321 g/mol. The Balaban J connectivity index is 1.84. The Morgan fingerprint density at radius 2 is 1.43 bits per heavy atom. The number of aryl methyl sites for hydroxylation is 1. The Kier molecular flexibility index (Phi) is 4.30. The van der Waals surface area contributed by atoms with Crippen LogP contribution >= 0.6 is 12.2 Å². The maximum Gasteiger partial charge on any atom is 0.152 e. The van der Waals surface area contributed by atoms with Crippen LogP contribution in [0.4, 0.5) is 0 Å². The minimum atomic E-state index is 0.193. The molecule has 2 aromatic carbocycles. The second-order valence-corrected chi connectivity index (χ2v) is 6.24. The van der Waals surface area contributed by atoms with Crippen molar-refractivity contribution in [3.05, 3.63) is 82.1 Å². The maximum absolute atomic E-state index is 9.96. The Labute approximate surface area is 141 Å². The number of pyridine rings is 1. The van der Waals surface area contributed by atoms with E-state index in [1.807, 2.05) is 17.7 Å². The van der Waals surface area contributed by atoms with Crippen molar-refractivity contribution in [2.45, 2.75) is 20.4 Å². The molecule has 0 atom stereocenters. The van der Waals surface area contributed by atoms with Crippen LogP contribution in [0.2, 0.25) is 0 Å². The van der Waals surface area contributed by atoms with E-state index in [-0.39, 0.29) is 5.75 Å². The zero-order chi connectivity index (χ0) is 16.4. The summed E-state index contributed by atoms with van der Waals surface area (Å²) < 4.78 is 2.50. The first-order valence-corrected chi connectivity index (χ1v) is 8.00. The number of hydrogen-bond donors (Lipinski definition) is 1. The van der Waals surface area contributed by atoms with Crippen molar-refractivity contribution in [1.29, 1.82) is 0 Å². The van der Waals surface area contributed by atoms with Gasteiger partial charge in [0.25, 0.3) is 0 Å². The minimum Gasteiger partial charge on any atom is -0.505 e. The van der Waals surface area contributed by atoms with E-state index in [1.54, 1.807) is 6.07 Å². The van der Waals surface area contributed by atoms with Crippen molar-refractivity contribution in [3.8, 4) is 16.9 Å². The molecule has 116 valence electrons. The Hall–Kier alpha value is -2.39. The fourth-order valence-electron chi connectivity index (χ4n) is 2.58. The van der Waals surface area contributed by atoms with E-state index in [9.17, 15) is 5.11 Å². The van der Waals surface area contributed by atoms with Crippen LogP contribution in [0.25, 0.3) is 11.1 Å². The summed E-state index contributed by atoms with van der Waals surface area (Å²) in [5.41, 5.74) is 5.67. The highest BCUT2D eigenvalue weighted by atomic mass is 32.1. The van der Waals surface area contributed by atoms with Crippen LogP contribution in [-0.4, -0.2) is 9.67 Å². The van der Waals surface area contributed by atoms with Crippen LogP contribution in [0.15, 0.2) is 60.8 Å². The van der Waals surface area contributed by atoms with E-state index in [1.165, 1.54) is 22.3 Å². The van der Waals surface area contributed by atoms with Crippen LogP contribution in [-0.2, 0) is 6.54 Å². The van der Waals surface area contributed by atoms with Gasteiger partial charge in [0.1, 0.15) is 0 Å². The topological polar surface area (TPSA) is 25.2 Å². The molecule has 0 aliphatic rings. The fraction of sp³-hybridized carbons (Fsp3) is 0.150. The van der Waals surface area contributed by atoms with E-state index >= 15 is 0 Å². The molecule has 0 radical (unpaired) electrons. The highest BCUT2D eigenvalue weighted by Crippen LogP contribution is 2.22. The summed E-state index contributed by atoms with van der Waals surface area (Å²) in [6, 6.07) is 18.8. The lowest BCUT2D eigenvalue weighted by Gasteiger charge is -2.12. The zero-order valence-corrected chi connectivity index (χ0v) is 14.1. The predicted molar refractivity (Wildman–Crippen MR) is 97.4 cm³/mol. The molecule has 0 fully saturated rings. The quantitative estimate of drug-likeness (QED) is 0.666. The lowest BCUT2D eigenvalue weighted by molar-refractivity contribution is 0.458. The number of nitrogens with zero attached hydrogens (tertiary/aromatic N) is 1. The summed E-state index contributed by atoms with van der Waals surface area (Å²) in [7, 11) is 0. The maximum atomic E-state index is 9.96. The third kappa shape index (κ3) is 3.35. The first kappa shape index (κ1) is 15.5. The highest BCUT2D eigenvalue weighted by molar-refractivity contribution is 7.71. The van der Waals surface area contributed by atoms with Gasteiger partial charge in [0.15, 0.2) is 5.75 Å². The third-order valence-electron chi connectivity index (χ3n) is 4.10. The van der Waals surface area contributed by atoms with Crippen LogP contribution < -0.4 is 0 Å². The van der Waals surface area contributed by atoms with Crippen LogP contribution in [0.5, 0.6) is 5.75 Å². The normalized spacial score (nSPS) is 10.7. The van der Waals surface area contributed by atoms with Crippen molar-refractivity contribution < 1.29 is 5.11 Å². The van der Waals surface area contributed by atoms with E-state index in [0.29, 0.717) is 11.1 Å². The van der Waals surface area contributed by atoms with Crippen molar-refractivity contribution in [3.63, 3.8) is 0 Å².